The van der Waals surface area contributed by atoms with Crippen LogP contribution < -0.4 is 5.32 Å². The van der Waals surface area contributed by atoms with Gasteiger partial charge in [-0.05, 0) is 20.0 Å². The number of esters is 1. The number of likely N-dealkylation sites (N-methyl/N-ethyl adjacent to an activating group) is 1. The number of methoxy groups -OCH3 is 1. The van der Waals surface area contributed by atoms with Gasteiger partial charge in [-0.25, -0.2) is 4.79 Å². The highest BCUT2D eigenvalue weighted by Gasteiger charge is 2.19. The smallest absolute Gasteiger partial charge is 0.341 e. The summed E-state index contributed by atoms with van der Waals surface area (Å²) in [6.07, 6.45) is 0.199. The van der Waals surface area contributed by atoms with Crippen molar-refractivity contribution in [2.75, 3.05) is 40.4 Å². The van der Waals surface area contributed by atoms with Crippen LogP contribution in [0.25, 0.3) is 0 Å². The molecule has 0 amide bonds. The third kappa shape index (κ3) is 3.82. The fourth-order valence-corrected chi connectivity index (χ4v) is 2.35. The number of carbonyl (C=O) groups excluding carboxylic acids is 1. The fourth-order valence-electron chi connectivity index (χ4n) is 2.35. The maximum absolute atomic E-state index is 11.5. The highest BCUT2D eigenvalue weighted by molar-refractivity contribution is 5.90. The third-order valence-electron chi connectivity index (χ3n) is 3.32. The number of rotatable bonds is 5. The molecule has 2 heterocycles. The first-order valence-corrected chi connectivity index (χ1v) is 6.78. The Balaban J connectivity index is 1.90. The van der Waals surface area contributed by atoms with Crippen molar-refractivity contribution in [3.63, 3.8) is 0 Å². The standard InChI is InChI=1S/C14H22N2O4/c1-10-13(14(17)18-3)6-11(20-10)8-16(2)9-12-7-15-4-5-19-12/h6,12,15H,4-5,7-9H2,1-3H3. The van der Waals surface area contributed by atoms with Gasteiger partial charge in [-0.1, -0.05) is 0 Å². The van der Waals surface area contributed by atoms with Crippen LogP contribution in [0.2, 0.25) is 0 Å². The molecule has 6 heteroatoms. The van der Waals surface area contributed by atoms with Crippen molar-refractivity contribution < 1.29 is 18.7 Å². The summed E-state index contributed by atoms with van der Waals surface area (Å²) in [7, 11) is 3.38. The molecule has 1 fully saturated rings. The summed E-state index contributed by atoms with van der Waals surface area (Å²) in [5.41, 5.74) is 0.492. The molecule has 1 N–H and O–H groups in total. The summed E-state index contributed by atoms with van der Waals surface area (Å²) in [6, 6.07) is 1.75. The number of aryl methyl sites for hydroxylation is 1. The molecule has 1 aliphatic rings. The van der Waals surface area contributed by atoms with Crippen LogP contribution in [0, 0.1) is 6.92 Å². The van der Waals surface area contributed by atoms with Crippen LogP contribution in [0.4, 0.5) is 0 Å². The van der Waals surface area contributed by atoms with E-state index >= 15 is 0 Å². The molecule has 1 aliphatic heterocycles. The van der Waals surface area contributed by atoms with E-state index in [0.717, 1.165) is 32.0 Å². The molecule has 1 aromatic rings. The molecule has 0 saturated carbocycles. The molecule has 20 heavy (non-hydrogen) atoms. The van der Waals surface area contributed by atoms with Crippen molar-refractivity contribution in [2.45, 2.75) is 19.6 Å². The number of furan rings is 1. The first kappa shape index (κ1) is 15.0. The lowest BCUT2D eigenvalue weighted by Gasteiger charge is -2.27. The monoisotopic (exact) mass is 282 g/mol. The maximum atomic E-state index is 11.5. The summed E-state index contributed by atoms with van der Waals surface area (Å²) >= 11 is 0. The molecule has 0 bridgehead atoms. The number of morpholine rings is 1. The first-order valence-electron chi connectivity index (χ1n) is 6.78. The second-order valence-corrected chi connectivity index (χ2v) is 5.07. The second kappa shape index (κ2) is 6.88. The van der Waals surface area contributed by atoms with Gasteiger partial charge >= 0.3 is 5.97 Å². The van der Waals surface area contributed by atoms with Crippen molar-refractivity contribution in [1.29, 1.82) is 0 Å². The summed E-state index contributed by atoms with van der Waals surface area (Å²) in [5.74, 6) is 0.991. The van der Waals surface area contributed by atoms with Gasteiger partial charge in [0.15, 0.2) is 0 Å². The predicted octanol–water partition coefficient (Wildman–Crippen LogP) is 0.795. The zero-order valence-corrected chi connectivity index (χ0v) is 12.3. The summed E-state index contributed by atoms with van der Waals surface area (Å²) in [4.78, 5) is 13.6. The second-order valence-electron chi connectivity index (χ2n) is 5.07. The van der Waals surface area contributed by atoms with Gasteiger partial charge in [0, 0.05) is 19.6 Å². The summed E-state index contributed by atoms with van der Waals surface area (Å²) in [6.45, 7) is 5.77. The van der Waals surface area contributed by atoms with E-state index in [4.69, 9.17) is 13.9 Å². The maximum Gasteiger partial charge on any atom is 0.341 e. The Kier molecular flexibility index (Phi) is 5.17. The van der Waals surface area contributed by atoms with Crippen LogP contribution in [-0.2, 0) is 16.0 Å². The Morgan fingerprint density at radius 2 is 2.40 bits per heavy atom. The quantitative estimate of drug-likeness (QED) is 0.806. The molecule has 1 atom stereocenters. The van der Waals surface area contributed by atoms with Gasteiger partial charge in [-0.2, -0.15) is 0 Å². The van der Waals surface area contributed by atoms with E-state index in [-0.39, 0.29) is 12.1 Å². The van der Waals surface area contributed by atoms with Gasteiger partial charge in [0.2, 0.25) is 0 Å². The fraction of sp³-hybridized carbons (Fsp3) is 0.643. The van der Waals surface area contributed by atoms with Crippen LogP contribution in [0.5, 0.6) is 0 Å². The van der Waals surface area contributed by atoms with Gasteiger partial charge in [-0.15, -0.1) is 0 Å². The average Bonchev–Trinajstić information content (AvgIpc) is 2.79. The molecule has 0 radical (unpaired) electrons. The molecule has 0 aliphatic carbocycles. The van der Waals surface area contributed by atoms with Crippen LogP contribution in [-0.4, -0.2) is 57.4 Å². The lowest BCUT2D eigenvalue weighted by atomic mass is 10.2. The molecule has 112 valence electrons. The van der Waals surface area contributed by atoms with Gasteiger partial charge in [0.05, 0.1) is 26.4 Å². The first-order chi connectivity index (χ1) is 9.60. The number of hydrogen-bond acceptors (Lipinski definition) is 6. The van der Waals surface area contributed by atoms with Gasteiger partial charge in [0.1, 0.15) is 17.1 Å². The molecule has 0 spiro atoms. The number of ether oxygens (including phenoxy) is 2. The number of nitrogens with one attached hydrogen (secondary N) is 1. The van der Waals surface area contributed by atoms with Crippen LogP contribution in [0.1, 0.15) is 21.9 Å². The number of carbonyl (C=O) groups is 1. The van der Waals surface area contributed by atoms with Crippen molar-refractivity contribution in [2.24, 2.45) is 0 Å². The molecule has 1 saturated heterocycles. The summed E-state index contributed by atoms with van der Waals surface area (Å²) < 4.78 is 16.0. The normalized spacial score (nSPS) is 19.3. The molecular weight excluding hydrogens is 260 g/mol. The van der Waals surface area contributed by atoms with E-state index in [2.05, 4.69) is 10.2 Å². The Labute approximate surface area is 119 Å². The van der Waals surface area contributed by atoms with Crippen LogP contribution in [0.3, 0.4) is 0 Å². The molecule has 1 aromatic heterocycles. The zero-order chi connectivity index (χ0) is 14.5. The average molecular weight is 282 g/mol. The zero-order valence-electron chi connectivity index (χ0n) is 12.3. The molecule has 0 aromatic carbocycles. The van der Waals surface area contributed by atoms with E-state index in [9.17, 15) is 4.79 Å². The van der Waals surface area contributed by atoms with E-state index in [1.807, 2.05) is 7.05 Å². The third-order valence-corrected chi connectivity index (χ3v) is 3.32. The van der Waals surface area contributed by atoms with E-state index in [0.29, 0.717) is 17.9 Å². The number of hydrogen-bond donors (Lipinski definition) is 1. The van der Waals surface area contributed by atoms with Gasteiger partial charge in [-0.3, -0.25) is 4.90 Å². The van der Waals surface area contributed by atoms with Crippen LogP contribution in [0.15, 0.2) is 10.5 Å². The van der Waals surface area contributed by atoms with Crippen molar-refractivity contribution in [3.8, 4) is 0 Å². The Hall–Kier alpha value is -1.37. The topological polar surface area (TPSA) is 63.9 Å². The lowest BCUT2D eigenvalue weighted by molar-refractivity contribution is 0.00794. The van der Waals surface area contributed by atoms with Crippen molar-refractivity contribution in [3.05, 3.63) is 23.2 Å². The SMILES string of the molecule is COC(=O)c1cc(CN(C)CC2CNCCO2)oc1C. The minimum atomic E-state index is -0.361. The predicted molar refractivity (Wildman–Crippen MR) is 73.7 cm³/mol. The lowest BCUT2D eigenvalue weighted by Crippen LogP contribution is -2.44. The number of nitrogens with zero attached hydrogens (tertiary/aromatic N) is 1. The molecule has 1 unspecified atom stereocenters. The van der Waals surface area contributed by atoms with E-state index in [1.165, 1.54) is 7.11 Å². The largest absolute Gasteiger partial charge is 0.465 e. The minimum absolute atomic E-state index is 0.199. The minimum Gasteiger partial charge on any atom is -0.465 e. The Morgan fingerprint density at radius 3 is 3.05 bits per heavy atom. The highest BCUT2D eigenvalue weighted by atomic mass is 16.5. The van der Waals surface area contributed by atoms with E-state index < -0.39 is 0 Å². The molecular formula is C14H22N2O4. The highest BCUT2D eigenvalue weighted by Crippen LogP contribution is 2.17. The van der Waals surface area contributed by atoms with E-state index in [1.54, 1.807) is 13.0 Å². The molecule has 2 rings (SSSR count). The van der Waals surface area contributed by atoms with Gasteiger partial charge in [0.25, 0.3) is 0 Å². The van der Waals surface area contributed by atoms with Gasteiger partial charge < -0.3 is 19.2 Å². The van der Waals surface area contributed by atoms with Crippen molar-refractivity contribution >= 4 is 5.97 Å². The Bertz CT molecular complexity index is 452. The van der Waals surface area contributed by atoms with Crippen molar-refractivity contribution in [1.82, 2.24) is 10.2 Å². The Morgan fingerprint density at radius 1 is 1.60 bits per heavy atom. The summed E-state index contributed by atoms with van der Waals surface area (Å²) in [5, 5.41) is 3.30. The van der Waals surface area contributed by atoms with Crippen LogP contribution >= 0.6 is 0 Å². The molecule has 6 nitrogen and oxygen atoms in total.